The Morgan fingerprint density at radius 3 is 2.21 bits per heavy atom. The first-order chi connectivity index (χ1) is 26.9. The second kappa shape index (κ2) is 18.7. The maximum Gasteiger partial charge on any atom is 0.407 e. The summed E-state index contributed by atoms with van der Waals surface area (Å²) in [7, 11) is -3.42. The third-order valence-corrected chi connectivity index (χ3v) is 11.6. The van der Waals surface area contributed by atoms with Crippen LogP contribution in [0.3, 0.4) is 0 Å². The summed E-state index contributed by atoms with van der Waals surface area (Å²) in [5, 5.41) is 8.93. The fourth-order valence-electron chi connectivity index (χ4n) is 6.46. The van der Waals surface area contributed by atoms with Crippen LogP contribution in [0.1, 0.15) is 49.8 Å². The Bertz CT molecular complexity index is 2150. The smallest absolute Gasteiger partial charge is 0.407 e. The zero-order chi connectivity index (χ0) is 40.5. The van der Waals surface area contributed by atoms with Crippen molar-refractivity contribution in [2.45, 2.75) is 56.2 Å². The molecule has 4 aromatic rings. The Hall–Kier alpha value is -5.15. The van der Waals surface area contributed by atoms with E-state index in [4.69, 9.17) is 32.7 Å². The molecule has 0 bridgehead atoms. The number of carbonyl (C=O) groups excluding carboxylic acids is 4. The highest BCUT2D eigenvalue weighted by molar-refractivity contribution is 7.93. The van der Waals surface area contributed by atoms with Gasteiger partial charge in [-0.2, -0.15) is 0 Å². The van der Waals surface area contributed by atoms with Crippen LogP contribution in [0.2, 0.25) is 10.0 Å². The zero-order valence-corrected chi connectivity index (χ0v) is 33.4. The Balaban J connectivity index is 1.44. The molecule has 0 saturated carbocycles. The fourth-order valence-corrected chi connectivity index (χ4v) is 8.38. The number of anilines is 2. The van der Waals surface area contributed by atoms with E-state index in [1.807, 2.05) is 44.2 Å². The van der Waals surface area contributed by atoms with E-state index in [-0.39, 0.29) is 57.4 Å². The minimum Gasteiger partial charge on any atom is -0.468 e. The lowest BCUT2D eigenvalue weighted by Crippen LogP contribution is -2.58. The highest BCUT2D eigenvalue weighted by Gasteiger charge is 2.58. The van der Waals surface area contributed by atoms with Gasteiger partial charge in [0.15, 0.2) is 5.54 Å². The molecule has 1 unspecified atom stereocenters. The zero-order valence-electron chi connectivity index (χ0n) is 31.1. The van der Waals surface area contributed by atoms with E-state index >= 15 is 4.79 Å². The Labute approximate surface area is 336 Å². The van der Waals surface area contributed by atoms with Gasteiger partial charge in [-0.3, -0.25) is 14.9 Å². The minimum absolute atomic E-state index is 0.00689. The molecule has 0 spiro atoms. The number of esters is 1. The van der Waals surface area contributed by atoms with E-state index in [2.05, 4.69) is 16.0 Å². The van der Waals surface area contributed by atoms with E-state index in [0.717, 1.165) is 5.56 Å². The number of nitrogens with zero attached hydrogens (tertiary/aromatic N) is 2. The Morgan fingerprint density at radius 2 is 1.55 bits per heavy atom. The van der Waals surface area contributed by atoms with Crippen LogP contribution in [0.15, 0.2) is 102 Å². The van der Waals surface area contributed by atoms with Crippen molar-refractivity contribution in [3.05, 3.63) is 124 Å². The van der Waals surface area contributed by atoms with Crippen LogP contribution in [0, 0.1) is 0 Å². The second-order valence-corrected chi connectivity index (χ2v) is 15.4. The molecule has 0 aliphatic carbocycles. The average molecular weight is 825 g/mol. The largest absolute Gasteiger partial charge is 0.468 e. The third-order valence-electron chi connectivity index (χ3n) is 9.34. The summed E-state index contributed by atoms with van der Waals surface area (Å²) in [5.41, 5.74) is -0.528. The lowest BCUT2D eigenvalue weighted by molar-refractivity contribution is -0.144. The van der Waals surface area contributed by atoms with Crippen LogP contribution >= 0.6 is 23.2 Å². The molecule has 0 aromatic heterocycles. The molecule has 56 heavy (non-hydrogen) atoms. The van der Waals surface area contributed by atoms with Crippen molar-refractivity contribution in [3.8, 4) is 0 Å². The number of carbonyl (C=O) groups is 4. The van der Waals surface area contributed by atoms with E-state index in [0.29, 0.717) is 35.9 Å². The van der Waals surface area contributed by atoms with Crippen LogP contribution in [0.4, 0.5) is 21.0 Å². The summed E-state index contributed by atoms with van der Waals surface area (Å²) >= 11 is 13.3. The molecular formula is C40H43Cl2N5O8S. The van der Waals surface area contributed by atoms with Gasteiger partial charge in [0, 0.05) is 46.5 Å². The van der Waals surface area contributed by atoms with Gasteiger partial charge in [-0.1, -0.05) is 71.7 Å². The highest BCUT2D eigenvalue weighted by atomic mass is 35.5. The highest BCUT2D eigenvalue weighted by Crippen LogP contribution is 2.49. The van der Waals surface area contributed by atoms with Gasteiger partial charge in [-0.25, -0.2) is 22.3 Å². The molecular weight excluding hydrogens is 781 g/mol. The number of urea groups is 1. The predicted molar refractivity (Wildman–Crippen MR) is 214 cm³/mol. The van der Waals surface area contributed by atoms with Gasteiger partial charge in [0.05, 0.1) is 17.7 Å². The number of ether oxygens (including phenoxy) is 2. The van der Waals surface area contributed by atoms with Gasteiger partial charge in [0.25, 0.3) is 15.9 Å². The normalized spacial score (nSPS) is 15.4. The number of amides is 4. The summed E-state index contributed by atoms with van der Waals surface area (Å²) in [6.07, 6.45) is 0.326. The monoisotopic (exact) mass is 823 g/mol. The molecule has 0 radical (unpaired) electrons. The number of methoxy groups -OCH3 is 1. The second-order valence-electron chi connectivity index (χ2n) is 12.8. The molecule has 1 aliphatic rings. The number of fused-ring (bicyclic) bond motifs is 1. The summed E-state index contributed by atoms with van der Waals surface area (Å²) in [4.78, 5) is 54.7. The van der Waals surface area contributed by atoms with Gasteiger partial charge in [0.1, 0.15) is 12.6 Å². The predicted octanol–water partition coefficient (Wildman–Crippen LogP) is 7.07. The molecule has 3 N–H and O–H groups in total. The van der Waals surface area contributed by atoms with Crippen LogP contribution < -0.4 is 20.3 Å². The summed E-state index contributed by atoms with van der Waals surface area (Å²) in [6, 6.07) is 23.9. The lowest BCUT2D eigenvalue weighted by Gasteiger charge is -2.34. The standard InChI is InChI=1S/C40H43Cl2N5O8S/c1-4-46(5-2)38(50)44-29-19-21-30(22-20-29)56(52,53)47-35-23-18-28(41)25-32(35)40(37(47)49,31-15-9-10-16-33(31)42)45-34(36(48)54-3)17-11-12-24-43-39(51)55-26-27-13-7-6-8-14-27/h6-10,13-16,18-23,25,34,45H,4-5,11-12,17,24,26H2,1-3H3,(H,43,51)(H,44,50)/t34-,40?/m0/s1. The average Bonchev–Trinajstić information content (AvgIpc) is 3.44. The first-order valence-electron chi connectivity index (χ1n) is 18.0. The summed E-state index contributed by atoms with van der Waals surface area (Å²) < 4.78 is 40.1. The van der Waals surface area contributed by atoms with Crippen LogP contribution in [-0.4, -0.2) is 70.1 Å². The molecule has 5 rings (SSSR count). The first-order valence-corrected chi connectivity index (χ1v) is 20.2. The van der Waals surface area contributed by atoms with E-state index in [1.165, 1.54) is 49.6 Å². The van der Waals surface area contributed by atoms with Crippen LogP contribution in [0.25, 0.3) is 0 Å². The number of alkyl carbamates (subject to hydrolysis) is 1. The van der Waals surface area contributed by atoms with Gasteiger partial charge in [-0.15, -0.1) is 0 Å². The van der Waals surface area contributed by atoms with Crippen molar-refractivity contribution >= 4 is 68.6 Å². The van der Waals surface area contributed by atoms with E-state index < -0.39 is 39.6 Å². The van der Waals surface area contributed by atoms with Crippen molar-refractivity contribution in [2.24, 2.45) is 0 Å². The SMILES string of the molecule is CCN(CC)C(=O)Nc1ccc(S(=O)(=O)N2C(=O)C(N[C@@H](CCCCNC(=O)OCc3ccccc3)C(=O)OC)(c3ccccc3Cl)c3cc(Cl)ccc32)cc1. The number of nitrogens with one attached hydrogen (secondary N) is 3. The van der Waals surface area contributed by atoms with Crippen LogP contribution in [0.5, 0.6) is 0 Å². The molecule has 1 heterocycles. The molecule has 296 valence electrons. The number of hydrogen-bond donors (Lipinski definition) is 3. The van der Waals surface area contributed by atoms with Crippen molar-refractivity contribution in [2.75, 3.05) is 36.4 Å². The Kier molecular flexibility index (Phi) is 14.0. The maximum atomic E-state index is 15.1. The Morgan fingerprint density at radius 1 is 0.875 bits per heavy atom. The summed E-state index contributed by atoms with van der Waals surface area (Å²) in [5.74, 6) is -1.68. The molecule has 16 heteroatoms. The van der Waals surface area contributed by atoms with Gasteiger partial charge in [-0.05, 0) is 87.2 Å². The topological polar surface area (TPSA) is 163 Å². The molecule has 4 amide bonds. The number of hydrogen-bond acceptors (Lipinski definition) is 9. The molecule has 4 aromatic carbocycles. The van der Waals surface area contributed by atoms with Gasteiger partial charge >= 0.3 is 18.1 Å². The molecule has 2 atom stereocenters. The fraction of sp³-hybridized carbons (Fsp3) is 0.300. The molecule has 1 aliphatic heterocycles. The van der Waals surface area contributed by atoms with Gasteiger partial charge < -0.3 is 25.0 Å². The lowest BCUT2D eigenvalue weighted by atomic mass is 9.82. The van der Waals surface area contributed by atoms with Crippen molar-refractivity contribution < 1.29 is 37.1 Å². The number of benzene rings is 4. The first kappa shape index (κ1) is 42.0. The van der Waals surface area contributed by atoms with Crippen molar-refractivity contribution in [3.63, 3.8) is 0 Å². The van der Waals surface area contributed by atoms with Crippen molar-refractivity contribution in [1.29, 1.82) is 0 Å². The van der Waals surface area contributed by atoms with Crippen molar-refractivity contribution in [1.82, 2.24) is 15.5 Å². The third kappa shape index (κ3) is 9.10. The van der Waals surface area contributed by atoms with E-state index in [1.54, 1.807) is 29.2 Å². The molecule has 0 saturated heterocycles. The van der Waals surface area contributed by atoms with Crippen LogP contribution in [-0.2, 0) is 41.2 Å². The quantitative estimate of drug-likeness (QED) is 0.0792. The molecule has 13 nitrogen and oxygen atoms in total. The van der Waals surface area contributed by atoms with E-state index in [9.17, 15) is 22.8 Å². The number of sulfonamides is 1. The maximum absolute atomic E-state index is 15.1. The number of halogens is 2. The number of rotatable bonds is 16. The van der Waals surface area contributed by atoms with Gasteiger partial charge in [0.2, 0.25) is 0 Å². The minimum atomic E-state index is -4.63. The molecule has 0 fully saturated rings. The summed E-state index contributed by atoms with van der Waals surface area (Å²) in [6.45, 7) is 4.99. The number of unbranched alkanes of at least 4 members (excludes halogenated alkanes) is 1.